The Labute approximate surface area is 189 Å². The molecule has 0 atom stereocenters. The third kappa shape index (κ3) is 4.74. The molecule has 0 unspecified atom stereocenters. The van der Waals surface area contributed by atoms with E-state index in [-0.39, 0.29) is 54.3 Å². The Kier molecular flexibility index (Phi) is 6.43. The summed E-state index contributed by atoms with van der Waals surface area (Å²) in [4.78, 5) is 39.1. The quantitative estimate of drug-likeness (QED) is 0.596. The average molecular weight is 475 g/mol. The van der Waals surface area contributed by atoms with Crippen molar-refractivity contribution < 1.29 is 17.6 Å². The van der Waals surface area contributed by atoms with Crippen LogP contribution in [-0.4, -0.2) is 59.5 Å². The van der Waals surface area contributed by atoms with Crippen LogP contribution in [0.3, 0.4) is 0 Å². The summed E-state index contributed by atoms with van der Waals surface area (Å²) in [5.41, 5.74) is -0.792. The van der Waals surface area contributed by atoms with Crippen LogP contribution in [0.5, 0.6) is 0 Å². The molecule has 1 N–H and O–H groups in total. The minimum atomic E-state index is -3.79. The van der Waals surface area contributed by atoms with Gasteiger partial charge in [-0.25, -0.2) is 17.5 Å². The van der Waals surface area contributed by atoms with Gasteiger partial charge in [0.25, 0.3) is 11.1 Å². The first-order chi connectivity index (χ1) is 15.8. The number of carbonyl (C=O) groups is 1. The number of rotatable bonds is 5. The van der Waals surface area contributed by atoms with E-state index < -0.39 is 21.4 Å². The molecular weight excluding hydrogens is 451 g/mol. The summed E-state index contributed by atoms with van der Waals surface area (Å²) in [6.45, 7) is 0.921. The van der Waals surface area contributed by atoms with Crippen LogP contribution in [0.4, 0.5) is 4.39 Å². The molecule has 1 aliphatic rings. The molecule has 1 amide bonds. The molecule has 1 saturated heterocycles. The summed E-state index contributed by atoms with van der Waals surface area (Å²) in [6.07, 6.45) is 0.428. The maximum atomic E-state index is 13.1. The van der Waals surface area contributed by atoms with Crippen LogP contribution >= 0.6 is 0 Å². The van der Waals surface area contributed by atoms with Gasteiger partial charge >= 0.3 is 0 Å². The first-order valence-corrected chi connectivity index (χ1v) is 12.0. The molecule has 0 spiro atoms. The van der Waals surface area contributed by atoms with Gasteiger partial charge in [-0.3, -0.25) is 19.5 Å². The van der Waals surface area contributed by atoms with E-state index in [0.717, 1.165) is 16.8 Å². The van der Waals surface area contributed by atoms with E-state index in [1.54, 1.807) is 29.2 Å². The Morgan fingerprint density at radius 2 is 1.64 bits per heavy atom. The van der Waals surface area contributed by atoms with E-state index in [1.165, 1.54) is 16.4 Å². The first-order valence-electron chi connectivity index (χ1n) is 10.5. The van der Waals surface area contributed by atoms with Crippen molar-refractivity contribution in [1.29, 1.82) is 0 Å². The lowest BCUT2D eigenvalue weighted by Gasteiger charge is -2.22. The van der Waals surface area contributed by atoms with Crippen molar-refractivity contribution in [1.82, 2.24) is 19.0 Å². The van der Waals surface area contributed by atoms with Gasteiger partial charge in [0.2, 0.25) is 15.9 Å². The topological polar surface area (TPSA) is 113 Å². The normalized spacial score (nSPS) is 15.5. The van der Waals surface area contributed by atoms with Gasteiger partial charge in [0.15, 0.2) is 0 Å². The number of aryl methyl sites for hydroxylation is 1. The number of hydrogen-bond donors (Lipinski definition) is 1. The highest BCUT2D eigenvalue weighted by Gasteiger charge is 2.28. The van der Waals surface area contributed by atoms with Crippen molar-refractivity contribution in [2.75, 3.05) is 26.2 Å². The Hall–Kier alpha value is -3.31. The lowest BCUT2D eigenvalue weighted by molar-refractivity contribution is -0.131. The van der Waals surface area contributed by atoms with E-state index in [0.29, 0.717) is 18.4 Å². The highest BCUT2D eigenvalue weighted by molar-refractivity contribution is 7.89. The third-order valence-electron chi connectivity index (χ3n) is 5.69. The monoisotopic (exact) mass is 474 g/mol. The Bertz CT molecular complexity index is 1400. The van der Waals surface area contributed by atoms with Crippen molar-refractivity contribution in [3.63, 3.8) is 0 Å². The van der Waals surface area contributed by atoms with Crippen molar-refractivity contribution in [2.24, 2.45) is 0 Å². The smallest absolute Gasteiger partial charge is 0.273 e. The molecule has 2 heterocycles. The van der Waals surface area contributed by atoms with Gasteiger partial charge in [0.05, 0.1) is 22.2 Å². The molecule has 1 aliphatic heterocycles. The van der Waals surface area contributed by atoms with Crippen molar-refractivity contribution in [2.45, 2.75) is 24.3 Å². The molecule has 1 fully saturated rings. The second-order valence-corrected chi connectivity index (χ2v) is 9.72. The maximum Gasteiger partial charge on any atom is 0.273 e. The summed E-state index contributed by atoms with van der Waals surface area (Å²) in [6, 6.07) is 11.1. The number of aromatic amines is 1. The van der Waals surface area contributed by atoms with Gasteiger partial charge in [-0.2, -0.15) is 4.31 Å². The van der Waals surface area contributed by atoms with E-state index in [1.807, 2.05) is 0 Å². The summed E-state index contributed by atoms with van der Waals surface area (Å²) >= 11 is 0. The molecule has 2 aromatic carbocycles. The van der Waals surface area contributed by atoms with Crippen LogP contribution in [0.15, 0.2) is 63.0 Å². The highest BCUT2D eigenvalue weighted by atomic mass is 32.2. The fourth-order valence-electron chi connectivity index (χ4n) is 3.91. The predicted molar refractivity (Wildman–Crippen MR) is 120 cm³/mol. The zero-order chi connectivity index (χ0) is 23.6. The first kappa shape index (κ1) is 22.9. The number of H-pyrrole nitrogens is 1. The number of sulfonamides is 1. The van der Waals surface area contributed by atoms with Gasteiger partial charge in [-0.15, -0.1) is 0 Å². The molecule has 0 aliphatic carbocycles. The van der Waals surface area contributed by atoms with Gasteiger partial charge in [0, 0.05) is 32.6 Å². The molecule has 11 heteroatoms. The van der Waals surface area contributed by atoms with E-state index in [2.05, 4.69) is 5.10 Å². The Morgan fingerprint density at radius 1 is 0.939 bits per heavy atom. The minimum absolute atomic E-state index is 0.00307. The van der Waals surface area contributed by atoms with E-state index in [4.69, 9.17) is 0 Å². The fraction of sp³-hybridized carbons (Fsp3) is 0.318. The van der Waals surface area contributed by atoms with Crippen molar-refractivity contribution in [3.8, 4) is 0 Å². The predicted octanol–water partition coefficient (Wildman–Crippen LogP) is 1.14. The Balaban J connectivity index is 1.42. The summed E-state index contributed by atoms with van der Waals surface area (Å²) in [5.74, 6) is -0.759. The number of nitrogens with one attached hydrogen (secondary N) is 1. The zero-order valence-electron chi connectivity index (χ0n) is 17.7. The van der Waals surface area contributed by atoms with Crippen LogP contribution in [0.2, 0.25) is 0 Å². The molecule has 174 valence electrons. The van der Waals surface area contributed by atoms with Crippen LogP contribution in [-0.2, 0) is 21.4 Å². The molecule has 1 aromatic heterocycles. The molecule has 3 aromatic rings. The lowest BCUT2D eigenvalue weighted by Crippen LogP contribution is -2.38. The van der Waals surface area contributed by atoms with Crippen LogP contribution in [0, 0.1) is 5.82 Å². The highest BCUT2D eigenvalue weighted by Crippen LogP contribution is 2.18. The number of nitrogens with zero attached hydrogens (tertiary/aromatic N) is 3. The van der Waals surface area contributed by atoms with Crippen molar-refractivity contribution >= 4 is 26.7 Å². The molecular formula is C22H23FN4O5S. The molecule has 33 heavy (non-hydrogen) atoms. The number of benzene rings is 2. The number of amides is 1. The summed E-state index contributed by atoms with van der Waals surface area (Å²) < 4.78 is 41.3. The van der Waals surface area contributed by atoms with Crippen molar-refractivity contribution in [3.05, 3.63) is 75.1 Å². The number of halogens is 1. The number of fused-ring (bicyclic) bond motifs is 1. The molecule has 0 bridgehead atoms. The zero-order valence-corrected chi connectivity index (χ0v) is 18.6. The second kappa shape index (κ2) is 9.28. The molecule has 4 rings (SSSR count). The molecule has 0 radical (unpaired) electrons. The van der Waals surface area contributed by atoms with E-state index in [9.17, 15) is 27.2 Å². The lowest BCUT2D eigenvalue weighted by atomic mass is 10.2. The molecule has 9 nitrogen and oxygen atoms in total. The van der Waals surface area contributed by atoms with Crippen LogP contribution in [0.1, 0.15) is 12.8 Å². The summed E-state index contributed by atoms with van der Waals surface area (Å²) in [5, 5.41) is 3.08. The Morgan fingerprint density at radius 3 is 2.36 bits per heavy atom. The number of carbonyl (C=O) groups excluding carboxylic acids is 1. The average Bonchev–Trinajstić information content (AvgIpc) is 3.08. The van der Waals surface area contributed by atoms with Crippen LogP contribution in [0.25, 0.3) is 10.8 Å². The van der Waals surface area contributed by atoms with Gasteiger partial charge in [-0.1, -0.05) is 12.1 Å². The van der Waals surface area contributed by atoms with E-state index >= 15 is 0 Å². The summed E-state index contributed by atoms with van der Waals surface area (Å²) in [7, 11) is -3.79. The van der Waals surface area contributed by atoms with Gasteiger partial charge in [-0.05, 0) is 42.8 Å². The fourth-order valence-corrected chi connectivity index (χ4v) is 5.38. The van der Waals surface area contributed by atoms with Crippen LogP contribution < -0.4 is 11.1 Å². The third-order valence-corrected chi connectivity index (χ3v) is 7.60. The number of aromatic nitrogens is 2. The second-order valence-electron chi connectivity index (χ2n) is 7.79. The van der Waals surface area contributed by atoms with Gasteiger partial charge < -0.3 is 4.90 Å². The maximum absolute atomic E-state index is 13.1. The minimum Gasteiger partial charge on any atom is -0.341 e. The SMILES string of the molecule is O=C(CCn1[nH]c(=O)c2ccccc2c1=O)N1CCCN(S(=O)(=O)c2ccc(F)cc2)CC1. The largest absolute Gasteiger partial charge is 0.341 e. The van der Waals surface area contributed by atoms with Gasteiger partial charge in [0.1, 0.15) is 5.82 Å². The number of hydrogen-bond acceptors (Lipinski definition) is 5. The standard InChI is InChI=1S/C22H23FN4O5S/c23-16-6-8-17(9-7-16)33(31,32)26-12-3-11-25(14-15-26)20(28)10-13-27-22(30)19-5-2-1-4-18(19)21(29)24-27/h1-2,4-9H,3,10-15H2,(H,24,29). The molecule has 0 saturated carbocycles.